The van der Waals surface area contributed by atoms with Crippen LogP contribution in [0, 0.1) is 0 Å². The maximum absolute atomic E-state index is 5.48. The number of nitrogens with one attached hydrogen (secondary N) is 1. The summed E-state index contributed by atoms with van der Waals surface area (Å²) in [6.45, 7) is 3.55. The van der Waals surface area contributed by atoms with Crippen LogP contribution < -0.4 is 14.8 Å². The van der Waals surface area contributed by atoms with E-state index in [9.17, 15) is 0 Å². The molecule has 0 atom stereocenters. The number of hydrogen-bond donors (Lipinski definition) is 1. The molecule has 1 saturated carbocycles. The van der Waals surface area contributed by atoms with Crippen LogP contribution in [-0.4, -0.2) is 19.8 Å². The first kappa shape index (κ1) is 14.1. The Hall–Kier alpha value is -0.930. The second kappa shape index (κ2) is 6.72. The van der Waals surface area contributed by atoms with Gasteiger partial charge >= 0.3 is 0 Å². The quantitative estimate of drug-likeness (QED) is 0.850. The largest absolute Gasteiger partial charge is 0.493 e. The molecule has 96 valence electrons. The van der Waals surface area contributed by atoms with Crippen LogP contribution in [0.5, 0.6) is 11.5 Å². The van der Waals surface area contributed by atoms with E-state index >= 15 is 0 Å². The number of ether oxygens (including phenoxy) is 2. The van der Waals surface area contributed by atoms with Gasteiger partial charge in [0.2, 0.25) is 0 Å². The van der Waals surface area contributed by atoms with Crippen molar-refractivity contribution in [3.8, 4) is 11.5 Å². The predicted molar refractivity (Wildman–Crippen MR) is 71.3 cm³/mol. The van der Waals surface area contributed by atoms with Gasteiger partial charge in [0.05, 0.1) is 13.7 Å². The van der Waals surface area contributed by atoms with Gasteiger partial charge < -0.3 is 14.8 Å². The Balaban J connectivity index is 0.00000144. The van der Waals surface area contributed by atoms with Crippen molar-refractivity contribution >= 4 is 12.4 Å². The molecule has 0 aliphatic heterocycles. The van der Waals surface area contributed by atoms with Crippen molar-refractivity contribution in [1.82, 2.24) is 5.32 Å². The van der Waals surface area contributed by atoms with Gasteiger partial charge in [-0.2, -0.15) is 0 Å². The summed E-state index contributed by atoms with van der Waals surface area (Å²) in [6, 6.07) is 6.84. The average Bonchev–Trinajstić information content (AvgIpc) is 3.12. The summed E-state index contributed by atoms with van der Waals surface area (Å²) in [5.41, 5.74) is 1.24. The summed E-state index contributed by atoms with van der Waals surface area (Å²) < 4.78 is 10.8. The molecule has 17 heavy (non-hydrogen) atoms. The summed E-state index contributed by atoms with van der Waals surface area (Å²) in [5, 5.41) is 3.48. The molecule has 1 N–H and O–H groups in total. The van der Waals surface area contributed by atoms with Crippen molar-refractivity contribution in [2.45, 2.75) is 32.4 Å². The molecule has 0 amide bonds. The lowest BCUT2D eigenvalue weighted by Gasteiger charge is -2.11. The minimum Gasteiger partial charge on any atom is -0.493 e. The highest BCUT2D eigenvalue weighted by atomic mass is 35.5. The second-order valence-electron chi connectivity index (χ2n) is 4.07. The van der Waals surface area contributed by atoms with E-state index < -0.39 is 0 Å². The first-order chi connectivity index (χ1) is 7.83. The molecule has 0 unspecified atom stereocenters. The zero-order valence-electron chi connectivity index (χ0n) is 10.4. The zero-order chi connectivity index (χ0) is 11.4. The third-order valence-electron chi connectivity index (χ3n) is 2.70. The Labute approximate surface area is 109 Å². The average molecular weight is 258 g/mol. The van der Waals surface area contributed by atoms with E-state index in [0.29, 0.717) is 6.61 Å². The summed E-state index contributed by atoms with van der Waals surface area (Å²) in [4.78, 5) is 0. The first-order valence-electron chi connectivity index (χ1n) is 5.86. The van der Waals surface area contributed by atoms with Crippen LogP contribution in [0.1, 0.15) is 25.3 Å². The van der Waals surface area contributed by atoms with E-state index in [0.717, 1.165) is 24.1 Å². The van der Waals surface area contributed by atoms with Crippen LogP contribution in [-0.2, 0) is 6.54 Å². The van der Waals surface area contributed by atoms with Gasteiger partial charge in [0.25, 0.3) is 0 Å². The molecule has 1 aromatic rings. The lowest BCUT2D eigenvalue weighted by atomic mass is 10.2. The van der Waals surface area contributed by atoms with Crippen molar-refractivity contribution in [3.63, 3.8) is 0 Å². The third-order valence-corrected chi connectivity index (χ3v) is 2.70. The summed E-state index contributed by atoms with van der Waals surface area (Å²) in [7, 11) is 1.68. The molecule has 4 heteroatoms. The highest BCUT2D eigenvalue weighted by Gasteiger charge is 2.20. The molecule has 1 aliphatic rings. The fourth-order valence-corrected chi connectivity index (χ4v) is 1.65. The SMILES string of the molecule is CCOc1ccc(CNC2CC2)cc1OC.Cl. The Morgan fingerprint density at radius 3 is 2.65 bits per heavy atom. The smallest absolute Gasteiger partial charge is 0.161 e. The Morgan fingerprint density at radius 1 is 1.29 bits per heavy atom. The van der Waals surface area contributed by atoms with Gasteiger partial charge in [0.1, 0.15) is 0 Å². The first-order valence-corrected chi connectivity index (χ1v) is 5.86. The van der Waals surface area contributed by atoms with Gasteiger partial charge in [-0.05, 0) is 37.5 Å². The van der Waals surface area contributed by atoms with Crippen molar-refractivity contribution in [3.05, 3.63) is 23.8 Å². The monoisotopic (exact) mass is 257 g/mol. The van der Waals surface area contributed by atoms with Gasteiger partial charge in [-0.15, -0.1) is 12.4 Å². The maximum Gasteiger partial charge on any atom is 0.161 e. The number of halogens is 1. The number of rotatable bonds is 6. The Morgan fingerprint density at radius 2 is 2.06 bits per heavy atom. The molecule has 2 rings (SSSR count). The van der Waals surface area contributed by atoms with E-state index in [4.69, 9.17) is 9.47 Å². The third kappa shape index (κ3) is 4.10. The van der Waals surface area contributed by atoms with Crippen LogP contribution in [0.3, 0.4) is 0 Å². The highest BCUT2D eigenvalue weighted by molar-refractivity contribution is 5.85. The number of hydrogen-bond acceptors (Lipinski definition) is 3. The zero-order valence-corrected chi connectivity index (χ0v) is 11.2. The molecule has 1 aliphatic carbocycles. The second-order valence-corrected chi connectivity index (χ2v) is 4.07. The lowest BCUT2D eigenvalue weighted by molar-refractivity contribution is 0.310. The van der Waals surface area contributed by atoms with Gasteiger partial charge in [-0.25, -0.2) is 0 Å². The molecule has 0 heterocycles. The van der Waals surface area contributed by atoms with Crippen molar-refractivity contribution < 1.29 is 9.47 Å². The molecule has 0 spiro atoms. The van der Waals surface area contributed by atoms with Crippen LogP contribution in [0.4, 0.5) is 0 Å². The molecular formula is C13H20ClNO2. The van der Waals surface area contributed by atoms with Crippen molar-refractivity contribution in [2.75, 3.05) is 13.7 Å². The highest BCUT2D eigenvalue weighted by Crippen LogP contribution is 2.28. The number of methoxy groups -OCH3 is 1. The molecule has 1 fully saturated rings. The number of benzene rings is 1. The van der Waals surface area contributed by atoms with Gasteiger partial charge in [-0.1, -0.05) is 6.07 Å². The summed E-state index contributed by atoms with van der Waals surface area (Å²) >= 11 is 0. The van der Waals surface area contributed by atoms with Crippen LogP contribution in [0.2, 0.25) is 0 Å². The van der Waals surface area contributed by atoms with E-state index in [1.807, 2.05) is 19.1 Å². The standard InChI is InChI=1S/C13H19NO2.ClH/c1-3-16-12-7-4-10(8-13(12)15-2)9-14-11-5-6-11;/h4,7-8,11,14H,3,5-6,9H2,1-2H3;1H. The molecule has 0 bridgehead atoms. The fraction of sp³-hybridized carbons (Fsp3) is 0.538. The van der Waals surface area contributed by atoms with Crippen molar-refractivity contribution in [1.29, 1.82) is 0 Å². The molecule has 0 saturated heterocycles. The van der Waals surface area contributed by atoms with Gasteiger partial charge in [0.15, 0.2) is 11.5 Å². The van der Waals surface area contributed by atoms with Crippen LogP contribution >= 0.6 is 12.4 Å². The summed E-state index contributed by atoms with van der Waals surface area (Å²) in [5.74, 6) is 1.64. The van der Waals surface area contributed by atoms with Gasteiger partial charge in [0, 0.05) is 12.6 Å². The normalized spacial score (nSPS) is 14.0. The van der Waals surface area contributed by atoms with Crippen LogP contribution in [0.15, 0.2) is 18.2 Å². The predicted octanol–water partition coefficient (Wildman–Crippen LogP) is 2.77. The molecular weight excluding hydrogens is 238 g/mol. The van der Waals surface area contributed by atoms with Crippen LogP contribution in [0.25, 0.3) is 0 Å². The molecule has 3 nitrogen and oxygen atoms in total. The van der Waals surface area contributed by atoms with E-state index in [1.165, 1.54) is 18.4 Å². The minimum absolute atomic E-state index is 0. The summed E-state index contributed by atoms with van der Waals surface area (Å²) in [6.07, 6.45) is 2.63. The van der Waals surface area contributed by atoms with E-state index in [1.54, 1.807) is 7.11 Å². The Kier molecular flexibility index (Phi) is 5.59. The van der Waals surface area contributed by atoms with E-state index in [-0.39, 0.29) is 12.4 Å². The fourth-order valence-electron chi connectivity index (χ4n) is 1.65. The molecule has 1 aromatic carbocycles. The molecule has 0 aromatic heterocycles. The lowest BCUT2D eigenvalue weighted by Crippen LogP contribution is -2.15. The maximum atomic E-state index is 5.48. The Bertz CT molecular complexity index is 353. The molecule has 0 radical (unpaired) electrons. The minimum atomic E-state index is 0. The topological polar surface area (TPSA) is 30.5 Å². The van der Waals surface area contributed by atoms with Gasteiger partial charge in [-0.3, -0.25) is 0 Å². The van der Waals surface area contributed by atoms with Crippen molar-refractivity contribution in [2.24, 2.45) is 0 Å². The van der Waals surface area contributed by atoms with E-state index in [2.05, 4.69) is 11.4 Å².